The van der Waals surface area contributed by atoms with Crippen LogP contribution in [0.15, 0.2) is 23.3 Å². The zero-order valence-corrected chi connectivity index (χ0v) is 4.98. The zero-order chi connectivity index (χ0) is 5.98. The molecule has 0 atom stereocenters. The summed E-state index contributed by atoms with van der Waals surface area (Å²) in [5, 5.41) is 0.657. The number of carbonyl (C=O) groups excluding carboxylic acids is 1. The van der Waals surface area contributed by atoms with E-state index in [2.05, 4.69) is 0 Å². The van der Waals surface area contributed by atoms with E-state index in [1.165, 1.54) is 6.08 Å². The van der Waals surface area contributed by atoms with Crippen molar-refractivity contribution >= 4 is 17.4 Å². The van der Waals surface area contributed by atoms with Gasteiger partial charge >= 0.3 is 0 Å². The third kappa shape index (κ3) is 1.20. The number of allylic oxidation sites excluding steroid dienone is 4. The average molecular weight is 129 g/mol. The van der Waals surface area contributed by atoms with Crippen LogP contribution in [0.2, 0.25) is 0 Å². The van der Waals surface area contributed by atoms with Crippen LogP contribution in [0.5, 0.6) is 0 Å². The van der Waals surface area contributed by atoms with Crippen molar-refractivity contribution < 1.29 is 4.79 Å². The molecule has 0 aromatic rings. The summed E-state index contributed by atoms with van der Waals surface area (Å²) in [5.41, 5.74) is 0. The Kier molecular flexibility index (Phi) is 1.49. The second-order valence-electron chi connectivity index (χ2n) is 1.59. The van der Waals surface area contributed by atoms with Crippen molar-refractivity contribution in [3.63, 3.8) is 0 Å². The van der Waals surface area contributed by atoms with Gasteiger partial charge in [0, 0.05) is 11.5 Å². The molecule has 8 heavy (non-hydrogen) atoms. The lowest BCUT2D eigenvalue weighted by Crippen LogP contribution is -1.92. The number of hydrogen-bond acceptors (Lipinski definition) is 1. The Hall–Kier alpha value is -0.560. The van der Waals surface area contributed by atoms with E-state index in [4.69, 9.17) is 11.6 Å². The minimum absolute atomic E-state index is 0.120. The number of hydrogen-bond donors (Lipinski definition) is 0. The van der Waals surface area contributed by atoms with Crippen molar-refractivity contribution in [2.45, 2.75) is 6.42 Å². The summed E-state index contributed by atoms with van der Waals surface area (Å²) in [7, 11) is 0. The van der Waals surface area contributed by atoms with Gasteiger partial charge in [-0.15, -0.1) is 0 Å². The molecule has 42 valence electrons. The monoisotopic (exact) mass is 128 g/mol. The van der Waals surface area contributed by atoms with Gasteiger partial charge in [-0.3, -0.25) is 4.79 Å². The molecule has 0 fully saturated rings. The molecule has 0 amide bonds. The molecule has 0 aromatic carbocycles. The molecule has 0 unspecified atom stereocenters. The van der Waals surface area contributed by atoms with Crippen LogP contribution in [0.3, 0.4) is 0 Å². The van der Waals surface area contributed by atoms with E-state index in [9.17, 15) is 4.79 Å². The van der Waals surface area contributed by atoms with Crippen LogP contribution in [0.4, 0.5) is 0 Å². The van der Waals surface area contributed by atoms with Crippen LogP contribution in [-0.2, 0) is 4.79 Å². The van der Waals surface area contributed by atoms with Crippen molar-refractivity contribution in [2.75, 3.05) is 0 Å². The molecule has 0 saturated carbocycles. The predicted molar refractivity (Wildman–Crippen MR) is 32.7 cm³/mol. The van der Waals surface area contributed by atoms with Crippen LogP contribution in [-0.4, -0.2) is 5.78 Å². The van der Waals surface area contributed by atoms with Crippen LogP contribution in [0.25, 0.3) is 0 Å². The lowest BCUT2D eigenvalue weighted by Gasteiger charge is -1.94. The first kappa shape index (κ1) is 5.57. The van der Waals surface area contributed by atoms with Crippen LogP contribution in [0.1, 0.15) is 6.42 Å². The van der Waals surface area contributed by atoms with Gasteiger partial charge in [-0.1, -0.05) is 17.7 Å². The molecule has 0 saturated heterocycles. The van der Waals surface area contributed by atoms with Gasteiger partial charge in [-0.25, -0.2) is 0 Å². The summed E-state index contributed by atoms with van der Waals surface area (Å²) >= 11 is 5.50. The Morgan fingerprint density at radius 2 is 2.25 bits per heavy atom. The fourth-order valence-electron chi connectivity index (χ4n) is 0.507. The second kappa shape index (κ2) is 2.14. The molecule has 1 aliphatic rings. The van der Waals surface area contributed by atoms with Gasteiger partial charge in [-0.2, -0.15) is 0 Å². The SMILES string of the molecule is O=C1C=CC(Cl)=CC1. The Morgan fingerprint density at radius 3 is 2.62 bits per heavy atom. The van der Waals surface area contributed by atoms with E-state index < -0.39 is 0 Å². The van der Waals surface area contributed by atoms with Gasteiger partial charge in [0.2, 0.25) is 0 Å². The molecular formula is C6H5ClO. The molecule has 1 aliphatic carbocycles. The number of carbonyl (C=O) groups is 1. The molecule has 0 radical (unpaired) electrons. The molecule has 0 N–H and O–H groups in total. The van der Waals surface area contributed by atoms with Gasteiger partial charge in [0.05, 0.1) is 0 Å². The van der Waals surface area contributed by atoms with E-state index in [1.54, 1.807) is 12.2 Å². The Morgan fingerprint density at radius 1 is 1.50 bits per heavy atom. The first-order chi connectivity index (χ1) is 3.79. The van der Waals surface area contributed by atoms with E-state index in [-0.39, 0.29) is 5.78 Å². The predicted octanol–water partition coefficient (Wildman–Crippen LogP) is 1.64. The minimum Gasteiger partial charge on any atom is -0.295 e. The van der Waals surface area contributed by atoms with E-state index >= 15 is 0 Å². The van der Waals surface area contributed by atoms with Crippen molar-refractivity contribution in [3.05, 3.63) is 23.3 Å². The highest BCUT2D eigenvalue weighted by atomic mass is 35.5. The van der Waals surface area contributed by atoms with Gasteiger partial charge in [0.15, 0.2) is 5.78 Å². The van der Waals surface area contributed by atoms with Crippen LogP contribution < -0.4 is 0 Å². The number of halogens is 1. The Bertz CT molecular complexity index is 165. The second-order valence-corrected chi connectivity index (χ2v) is 2.03. The molecular weight excluding hydrogens is 124 g/mol. The summed E-state index contributed by atoms with van der Waals surface area (Å²) in [6.45, 7) is 0. The first-order valence-corrected chi connectivity index (χ1v) is 2.73. The average Bonchev–Trinajstić information content (AvgIpc) is 1.77. The Balaban J connectivity index is 2.71. The highest BCUT2D eigenvalue weighted by molar-refractivity contribution is 6.32. The quantitative estimate of drug-likeness (QED) is 0.485. The van der Waals surface area contributed by atoms with E-state index in [0.717, 1.165) is 0 Å². The van der Waals surface area contributed by atoms with Crippen molar-refractivity contribution in [1.82, 2.24) is 0 Å². The smallest absolute Gasteiger partial charge is 0.159 e. The van der Waals surface area contributed by atoms with Crippen molar-refractivity contribution in [3.8, 4) is 0 Å². The van der Waals surface area contributed by atoms with Gasteiger partial charge in [0.1, 0.15) is 0 Å². The molecule has 1 nitrogen and oxygen atoms in total. The summed E-state index contributed by atoms with van der Waals surface area (Å²) < 4.78 is 0. The summed E-state index contributed by atoms with van der Waals surface area (Å²) in [6, 6.07) is 0. The molecule has 2 heteroatoms. The first-order valence-electron chi connectivity index (χ1n) is 2.35. The van der Waals surface area contributed by atoms with Crippen molar-refractivity contribution in [2.24, 2.45) is 0 Å². The van der Waals surface area contributed by atoms with Gasteiger partial charge < -0.3 is 0 Å². The largest absolute Gasteiger partial charge is 0.295 e. The summed E-state index contributed by atoms with van der Waals surface area (Å²) in [4.78, 5) is 10.4. The zero-order valence-electron chi connectivity index (χ0n) is 4.23. The molecule has 0 heterocycles. The van der Waals surface area contributed by atoms with Gasteiger partial charge in [-0.05, 0) is 12.2 Å². The summed E-state index contributed by atoms with van der Waals surface area (Å²) in [6.07, 6.45) is 5.24. The maximum Gasteiger partial charge on any atom is 0.159 e. The number of rotatable bonds is 0. The normalized spacial score (nSPS) is 18.6. The highest BCUT2D eigenvalue weighted by Gasteiger charge is 1.98. The van der Waals surface area contributed by atoms with Crippen molar-refractivity contribution in [1.29, 1.82) is 0 Å². The maximum absolute atomic E-state index is 10.4. The summed E-state index contributed by atoms with van der Waals surface area (Å²) in [5.74, 6) is 0.120. The van der Waals surface area contributed by atoms with Gasteiger partial charge in [0.25, 0.3) is 0 Å². The standard InChI is InChI=1S/C6H5ClO/c7-5-1-3-6(8)4-2-5/h1-3H,4H2. The fraction of sp³-hybridized carbons (Fsp3) is 0.167. The lowest BCUT2D eigenvalue weighted by molar-refractivity contribution is -0.113. The lowest BCUT2D eigenvalue weighted by atomic mass is 10.2. The molecule has 0 bridgehead atoms. The fourth-order valence-corrected chi connectivity index (χ4v) is 0.647. The third-order valence-electron chi connectivity index (χ3n) is 0.927. The van der Waals surface area contributed by atoms with Crippen LogP contribution in [0, 0.1) is 0 Å². The minimum atomic E-state index is 0.120. The van der Waals surface area contributed by atoms with E-state index in [0.29, 0.717) is 11.5 Å². The number of ketones is 1. The third-order valence-corrected chi connectivity index (χ3v) is 1.21. The molecule has 0 aliphatic heterocycles. The van der Waals surface area contributed by atoms with E-state index in [1.807, 2.05) is 0 Å². The topological polar surface area (TPSA) is 17.1 Å². The molecule has 0 aromatic heterocycles. The molecule has 0 spiro atoms. The van der Waals surface area contributed by atoms with Crippen LogP contribution >= 0.6 is 11.6 Å². The highest BCUT2D eigenvalue weighted by Crippen LogP contribution is 2.09. The molecule has 1 rings (SSSR count). The maximum atomic E-state index is 10.4. The Labute approximate surface area is 52.6 Å².